The summed E-state index contributed by atoms with van der Waals surface area (Å²) in [6.45, 7) is 1.40. The van der Waals surface area contributed by atoms with Gasteiger partial charge in [-0.15, -0.1) is 0 Å². The largest absolute Gasteiger partial charge is 0.416 e. The molecule has 1 amide bonds. The van der Waals surface area contributed by atoms with Gasteiger partial charge in [-0.25, -0.2) is 15.0 Å². The number of aromatic nitrogens is 3. The van der Waals surface area contributed by atoms with E-state index in [1.807, 2.05) is 0 Å². The number of halogens is 6. The Morgan fingerprint density at radius 2 is 1.82 bits per heavy atom. The van der Waals surface area contributed by atoms with Crippen molar-refractivity contribution in [2.45, 2.75) is 43.6 Å². The second-order valence-corrected chi connectivity index (χ2v) is 8.77. The quantitative estimate of drug-likeness (QED) is 0.644. The van der Waals surface area contributed by atoms with E-state index in [0.717, 1.165) is 25.2 Å². The Bertz CT molecular complexity index is 1120. The minimum Gasteiger partial charge on any atom is -0.354 e. The summed E-state index contributed by atoms with van der Waals surface area (Å²) in [4.78, 5) is 25.5. The van der Waals surface area contributed by atoms with Crippen molar-refractivity contribution < 1.29 is 31.1 Å². The van der Waals surface area contributed by atoms with Gasteiger partial charge < -0.3 is 15.5 Å². The van der Waals surface area contributed by atoms with Gasteiger partial charge in [0.25, 0.3) is 0 Å². The Balaban J connectivity index is 1.63. The fourth-order valence-electron chi connectivity index (χ4n) is 4.54. The van der Waals surface area contributed by atoms with Crippen LogP contribution in [0.5, 0.6) is 0 Å². The summed E-state index contributed by atoms with van der Waals surface area (Å²) in [6.07, 6.45) is -7.49. The number of carbonyl (C=O) groups excluding carboxylic acids is 1. The molecule has 5 rings (SSSR count). The molecule has 2 atom stereocenters. The van der Waals surface area contributed by atoms with Crippen LogP contribution in [0.2, 0.25) is 0 Å². The van der Waals surface area contributed by atoms with Gasteiger partial charge in [0.05, 0.1) is 22.9 Å². The number of hydrogen-bond donors (Lipinski definition) is 2. The molecule has 7 nitrogen and oxygen atoms in total. The molecule has 2 aromatic heterocycles. The molecule has 2 aromatic rings. The molecule has 0 unspecified atom stereocenters. The maximum atomic E-state index is 13.8. The van der Waals surface area contributed by atoms with Crippen LogP contribution >= 0.6 is 0 Å². The first-order valence-corrected chi connectivity index (χ1v) is 10.8. The fourth-order valence-corrected chi connectivity index (χ4v) is 4.54. The van der Waals surface area contributed by atoms with Crippen molar-refractivity contribution >= 4 is 17.5 Å². The van der Waals surface area contributed by atoms with Crippen LogP contribution in [0.25, 0.3) is 11.4 Å². The van der Waals surface area contributed by atoms with Crippen molar-refractivity contribution in [3.05, 3.63) is 29.6 Å². The van der Waals surface area contributed by atoms with Crippen molar-refractivity contribution in [2.75, 3.05) is 29.9 Å². The van der Waals surface area contributed by atoms with E-state index in [4.69, 9.17) is 0 Å². The lowest BCUT2D eigenvalue weighted by molar-refractivity contribution is -0.156. The molecule has 1 aliphatic carbocycles. The zero-order valence-corrected chi connectivity index (χ0v) is 17.7. The number of nitrogens with one attached hydrogen (secondary N) is 2. The molecule has 2 aliphatic heterocycles. The predicted molar refractivity (Wildman–Crippen MR) is 109 cm³/mol. The third-order valence-electron chi connectivity index (χ3n) is 6.38. The van der Waals surface area contributed by atoms with E-state index >= 15 is 0 Å². The standard InChI is InChI=1S/C21H20F6N6O/c22-20(23,24)11-5-13(31-15(6-11)33-4-3-28-14(8-33)10-1-2-10)18-17-12(21(25,26)27)7-16(34)32-19(17)30-9-29-18/h5-6,9-10,12,14,28H,1-4,7-8H2,(H,29,30,32,34)/t12-,14+/m0/s1. The summed E-state index contributed by atoms with van der Waals surface area (Å²) < 4.78 is 82.7. The summed E-state index contributed by atoms with van der Waals surface area (Å²) >= 11 is 0. The van der Waals surface area contributed by atoms with Crippen LogP contribution in [0, 0.1) is 5.92 Å². The Kier molecular flexibility index (Phi) is 5.41. The molecule has 1 saturated heterocycles. The summed E-state index contributed by atoms with van der Waals surface area (Å²) in [5.41, 5.74) is -2.25. The molecule has 3 aliphatic rings. The molecular weight excluding hydrogens is 466 g/mol. The van der Waals surface area contributed by atoms with E-state index in [1.54, 1.807) is 4.90 Å². The van der Waals surface area contributed by atoms with Crippen molar-refractivity contribution in [2.24, 2.45) is 5.92 Å². The molecular formula is C21H20F6N6O. The minimum atomic E-state index is -4.83. The monoisotopic (exact) mass is 486 g/mol. The van der Waals surface area contributed by atoms with Gasteiger partial charge in [0, 0.05) is 37.7 Å². The second-order valence-electron chi connectivity index (χ2n) is 8.77. The molecule has 4 heterocycles. The number of anilines is 2. The number of rotatable bonds is 3. The number of nitrogens with zero attached hydrogens (tertiary/aromatic N) is 4. The smallest absolute Gasteiger partial charge is 0.354 e. The van der Waals surface area contributed by atoms with Crippen LogP contribution in [0.3, 0.4) is 0 Å². The van der Waals surface area contributed by atoms with E-state index in [9.17, 15) is 31.1 Å². The third-order valence-corrected chi connectivity index (χ3v) is 6.38. The number of hydrogen-bond acceptors (Lipinski definition) is 6. The number of fused-ring (bicyclic) bond motifs is 1. The highest BCUT2D eigenvalue weighted by Crippen LogP contribution is 2.46. The number of amides is 1. The average molecular weight is 486 g/mol. The van der Waals surface area contributed by atoms with Gasteiger partial charge in [0.1, 0.15) is 18.0 Å². The number of alkyl halides is 6. The molecule has 182 valence electrons. The van der Waals surface area contributed by atoms with Crippen LogP contribution in [0.1, 0.15) is 36.3 Å². The zero-order chi connectivity index (χ0) is 24.3. The molecule has 2 N–H and O–H groups in total. The lowest BCUT2D eigenvalue weighted by atomic mass is 9.89. The fraction of sp³-hybridized carbons (Fsp3) is 0.524. The van der Waals surface area contributed by atoms with E-state index in [0.29, 0.717) is 31.6 Å². The molecule has 13 heteroatoms. The van der Waals surface area contributed by atoms with Crippen LogP contribution < -0.4 is 15.5 Å². The maximum Gasteiger partial charge on any atom is 0.416 e. The first kappa shape index (κ1) is 22.8. The van der Waals surface area contributed by atoms with E-state index in [1.165, 1.54) is 0 Å². The molecule has 34 heavy (non-hydrogen) atoms. The molecule has 1 saturated carbocycles. The maximum absolute atomic E-state index is 13.8. The average Bonchev–Trinajstić information content (AvgIpc) is 3.62. The lowest BCUT2D eigenvalue weighted by Crippen LogP contribution is -2.52. The van der Waals surface area contributed by atoms with Crippen molar-refractivity contribution in [1.82, 2.24) is 20.3 Å². The van der Waals surface area contributed by atoms with Crippen LogP contribution in [0.15, 0.2) is 18.5 Å². The summed E-state index contributed by atoms with van der Waals surface area (Å²) in [7, 11) is 0. The SMILES string of the molecule is O=C1C[C@H](C(F)(F)F)c2c(ncnc2-c2cc(C(F)(F)F)cc(N3CCN[C@@H](C4CC4)C3)n2)N1. The van der Waals surface area contributed by atoms with Crippen molar-refractivity contribution in [3.63, 3.8) is 0 Å². The summed E-state index contributed by atoms with van der Waals surface area (Å²) in [6, 6.07) is 1.72. The summed E-state index contributed by atoms with van der Waals surface area (Å²) in [5, 5.41) is 5.62. The number of piperazine rings is 1. The van der Waals surface area contributed by atoms with E-state index in [2.05, 4.69) is 25.6 Å². The topological polar surface area (TPSA) is 83.0 Å². The van der Waals surface area contributed by atoms with E-state index in [-0.39, 0.29) is 29.1 Å². The van der Waals surface area contributed by atoms with Gasteiger partial charge in [-0.1, -0.05) is 0 Å². The number of pyridine rings is 1. The second kappa shape index (κ2) is 8.07. The molecule has 0 spiro atoms. The van der Waals surface area contributed by atoms with Gasteiger partial charge in [0.2, 0.25) is 5.91 Å². The highest BCUT2D eigenvalue weighted by molar-refractivity contribution is 5.95. The van der Waals surface area contributed by atoms with Gasteiger partial charge in [-0.2, -0.15) is 26.3 Å². The first-order valence-electron chi connectivity index (χ1n) is 10.8. The van der Waals surface area contributed by atoms with Gasteiger partial charge in [0.15, 0.2) is 0 Å². The Morgan fingerprint density at radius 3 is 2.50 bits per heavy atom. The van der Waals surface area contributed by atoms with E-state index < -0.39 is 41.7 Å². The molecule has 0 aromatic carbocycles. The first-order chi connectivity index (χ1) is 16.0. The Morgan fingerprint density at radius 1 is 1.06 bits per heavy atom. The van der Waals surface area contributed by atoms with Gasteiger partial charge in [-0.3, -0.25) is 4.79 Å². The van der Waals surface area contributed by atoms with Crippen molar-refractivity contribution in [3.8, 4) is 11.4 Å². The predicted octanol–water partition coefficient (Wildman–Crippen LogP) is 3.73. The van der Waals surface area contributed by atoms with Crippen LogP contribution in [0.4, 0.5) is 38.0 Å². The zero-order valence-electron chi connectivity index (χ0n) is 17.7. The highest BCUT2D eigenvalue weighted by atomic mass is 19.4. The summed E-state index contributed by atoms with van der Waals surface area (Å²) in [5.74, 6) is -3.04. The molecule has 2 fully saturated rings. The van der Waals surface area contributed by atoms with Crippen LogP contribution in [-0.4, -0.2) is 52.7 Å². The van der Waals surface area contributed by atoms with Gasteiger partial charge >= 0.3 is 12.4 Å². The highest BCUT2D eigenvalue weighted by Gasteiger charge is 2.48. The van der Waals surface area contributed by atoms with Crippen molar-refractivity contribution in [1.29, 1.82) is 0 Å². The lowest BCUT2D eigenvalue weighted by Gasteiger charge is -2.35. The van der Waals surface area contributed by atoms with Gasteiger partial charge in [-0.05, 0) is 30.9 Å². The Labute approximate surface area is 190 Å². The van der Waals surface area contributed by atoms with Crippen LogP contribution in [-0.2, 0) is 11.0 Å². The normalized spacial score (nSPS) is 23.5. The molecule has 0 bridgehead atoms. The minimum absolute atomic E-state index is 0.0211. The third kappa shape index (κ3) is 4.40. The Hall–Kier alpha value is -2.96. The molecule has 0 radical (unpaired) electrons. The number of carbonyl (C=O) groups is 1.